The van der Waals surface area contributed by atoms with Crippen LogP contribution in [-0.4, -0.2) is 22.5 Å². The van der Waals surface area contributed by atoms with Crippen molar-refractivity contribution in [2.45, 2.75) is 6.92 Å². The third kappa shape index (κ3) is 2.70. The molecule has 1 heterocycles. The maximum absolute atomic E-state index is 12.9. The zero-order valence-electron chi connectivity index (χ0n) is 10.4. The van der Waals surface area contributed by atoms with Crippen molar-refractivity contribution in [3.8, 4) is 5.75 Å². The number of hydrogen-bond donors (Lipinski definition) is 1. The molecule has 0 saturated heterocycles. The molecule has 19 heavy (non-hydrogen) atoms. The van der Waals surface area contributed by atoms with Crippen LogP contribution < -0.4 is 4.90 Å². The molecule has 2 aromatic rings. The van der Waals surface area contributed by atoms with Gasteiger partial charge in [0.2, 0.25) is 0 Å². The number of benzene rings is 1. The molecule has 0 aliphatic carbocycles. The number of rotatable bonds is 3. The van der Waals surface area contributed by atoms with E-state index in [9.17, 15) is 14.3 Å². The molecule has 1 aromatic carbocycles. The first-order valence-corrected chi connectivity index (χ1v) is 5.85. The van der Waals surface area contributed by atoms with Gasteiger partial charge in [-0.3, -0.25) is 4.79 Å². The van der Waals surface area contributed by atoms with Crippen LogP contribution in [0.4, 0.5) is 10.1 Å². The van der Waals surface area contributed by atoms with E-state index in [2.05, 4.69) is 4.98 Å². The Hall–Kier alpha value is -2.43. The van der Waals surface area contributed by atoms with Crippen molar-refractivity contribution in [1.82, 2.24) is 4.98 Å². The van der Waals surface area contributed by atoms with Crippen molar-refractivity contribution in [3.63, 3.8) is 0 Å². The Morgan fingerprint density at radius 3 is 2.58 bits per heavy atom. The van der Waals surface area contributed by atoms with Gasteiger partial charge in [-0.05, 0) is 43.3 Å². The summed E-state index contributed by atoms with van der Waals surface area (Å²) in [5.41, 5.74) is 0.535. The average Bonchev–Trinajstić information content (AvgIpc) is 2.42. The Bertz CT molecular complexity index is 584. The van der Waals surface area contributed by atoms with Crippen LogP contribution in [0.2, 0.25) is 0 Å². The van der Waals surface area contributed by atoms with E-state index in [0.29, 0.717) is 12.2 Å². The van der Waals surface area contributed by atoms with E-state index in [-0.39, 0.29) is 17.3 Å². The summed E-state index contributed by atoms with van der Waals surface area (Å²) < 4.78 is 12.9. The molecule has 0 spiro atoms. The van der Waals surface area contributed by atoms with Gasteiger partial charge in [0.25, 0.3) is 5.91 Å². The van der Waals surface area contributed by atoms with Crippen molar-refractivity contribution in [2.24, 2.45) is 0 Å². The molecule has 4 nitrogen and oxygen atoms in total. The number of hydrogen-bond acceptors (Lipinski definition) is 3. The summed E-state index contributed by atoms with van der Waals surface area (Å²) in [6.07, 6.45) is 1.44. The lowest BCUT2D eigenvalue weighted by molar-refractivity contribution is 0.0980. The van der Waals surface area contributed by atoms with Crippen LogP contribution in [-0.2, 0) is 0 Å². The molecule has 0 aliphatic heterocycles. The van der Waals surface area contributed by atoms with Gasteiger partial charge in [-0.25, -0.2) is 9.37 Å². The van der Waals surface area contributed by atoms with Gasteiger partial charge in [-0.2, -0.15) is 0 Å². The average molecular weight is 260 g/mol. The molecule has 5 heteroatoms. The quantitative estimate of drug-likeness (QED) is 0.922. The SMILES string of the molecule is CCN(C(=O)c1ncccc1O)c1ccc(F)cc1. The summed E-state index contributed by atoms with van der Waals surface area (Å²) >= 11 is 0. The Labute approximate surface area is 110 Å². The lowest BCUT2D eigenvalue weighted by Crippen LogP contribution is -2.31. The van der Waals surface area contributed by atoms with Crippen LogP contribution >= 0.6 is 0 Å². The van der Waals surface area contributed by atoms with Crippen LogP contribution in [0.5, 0.6) is 5.75 Å². The molecule has 0 fully saturated rings. The molecule has 98 valence electrons. The zero-order chi connectivity index (χ0) is 13.8. The number of aromatic hydroxyl groups is 1. The van der Waals surface area contributed by atoms with E-state index < -0.39 is 5.91 Å². The highest BCUT2D eigenvalue weighted by molar-refractivity contribution is 6.06. The van der Waals surface area contributed by atoms with Crippen molar-refractivity contribution < 1.29 is 14.3 Å². The highest BCUT2D eigenvalue weighted by Crippen LogP contribution is 2.20. The Balaban J connectivity index is 2.35. The Morgan fingerprint density at radius 1 is 1.32 bits per heavy atom. The second-order valence-electron chi connectivity index (χ2n) is 3.90. The second kappa shape index (κ2) is 5.48. The summed E-state index contributed by atoms with van der Waals surface area (Å²) in [6, 6.07) is 8.53. The minimum Gasteiger partial charge on any atom is -0.505 e. The first kappa shape index (κ1) is 13.0. The normalized spacial score (nSPS) is 10.2. The van der Waals surface area contributed by atoms with E-state index in [0.717, 1.165) is 0 Å². The first-order chi connectivity index (χ1) is 9.13. The predicted molar refractivity (Wildman–Crippen MR) is 69.7 cm³/mol. The van der Waals surface area contributed by atoms with Gasteiger partial charge in [0.05, 0.1) is 0 Å². The minimum absolute atomic E-state index is 0.0197. The standard InChI is InChI=1S/C14H13FN2O2/c1-2-17(11-7-5-10(15)6-8-11)14(19)13-12(18)4-3-9-16-13/h3-9,18H,2H2,1H3. The Kier molecular flexibility index (Phi) is 3.75. The van der Waals surface area contributed by atoms with E-state index in [1.165, 1.54) is 41.4 Å². The number of nitrogens with zero attached hydrogens (tertiary/aromatic N) is 2. The molecule has 0 aliphatic rings. The fraction of sp³-hybridized carbons (Fsp3) is 0.143. The van der Waals surface area contributed by atoms with Crippen LogP contribution in [0, 0.1) is 5.82 Å². The molecule has 0 radical (unpaired) electrons. The van der Waals surface area contributed by atoms with Gasteiger partial charge in [-0.1, -0.05) is 0 Å². The lowest BCUT2D eigenvalue weighted by atomic mass is 10.2. The van der Waals surface area contributed by atoms with Crippen molar-refractivity contribution in [3.05, 3.63) is 54.1 Å². The number of halogens is 1. The fourth-order valence-corrected chi connectivity index (χ4v) is 1.75. The third-order valence-corrected chi connectivity index (χ3v) is 2.69. The van der Waals surface area contributed by atoms with Gasteiger partial charge < -0.3 is 10.0 Å². The molecule has 0 saturated carbocycles. The van der Waals surface area contributed by atoms with Gasteiger partial charge in [0, 0.05) is 18.4 Å². The topological polar surface area (TPSA) is 53.4 Å². The van der Waals surface area contributed by atoms with Crippen LogP contribution in [0.3, 0.4) is 0 Å². The summed E-state index contributed by atoms with van der Waals surface area (Å²) in [6.45, 7) is 2.18. The van der Waals surface area contributed by atoms with Gasteiger partial charge in [-0.15, -0.1) is 0 Å². The predicted octanol–water partition coefficient (Wildman–Crippen LogP) is 2.59. The van der Waals surface area contributed by atoms with E-state index in [1.54, 1.807) is 13.0 Å². The highest BCUT2D eigenvalue weighted by atomic mass is 19.1. The number of amides is 1. The molecule has 2 rings (SSSR count). The van der Waals surface area contributed by atoms with Crippen molar-refractivity contribution in [1.29, 1.82) is 0 Å². The smallest absolute Gasteiger partial charge is 0.280 e. The van der Waals surface area contributed by atoms with Crippen LogP contribution in [0.15, 0.2) is 42.6 Å². The molecule has 1 aromatic heterocycles. The number of aromatic nitrogens is 1. The fourth-order valence-electron chi connectivity index (χ4n) is 1.75. The summed E-state index contributed by atoms with van der Waals surface area (Å²) in [5.74, 6) is -0.965. The maximum Gasteiger partial charge on any atom is 0.280 e. The van der Waals surface area contributed by atoms with E-state index in [1.807, 2.05) is 0 Å². The third-order valence-electron chi connectivity index (χ3n) is 2.69. The number of carbonyl (C=O) groups is 1. The summed E-state index contributed by atoms with van der Waals surface area (Å²) in [7, 11) is 0. The van der Waals surface area contributed by atoms with Gasteiger partial charge >= 0.3 is 0 Å². The van der Waals surface area contributed by atoms with E-state index >= 15 is 0 Å². The molecular formula is C14H13FN2O2. The number of pyridine rings is 1. The second-order valence-corrected chi connectivity index (χ2v) is 3.90. The molecule has 1 N–H and O–H groups in total. The minimum atomic E-state index is -0.424. The molecule has 0 atom stereocenters. The Morgan fingerprint density at radius 2 is 2.00 bits per heavy atom. The molecular weight excluding hydrogens is 247 g/mol. The van der Waals surface area contributed by atoms with Crippen LogP contribution in [0.25, 0.3) is 0 Å². The first-order valence-electron chi connectivity index (χ1n) is 5.85. The monoisotopic (exact) mass is 260 g/mol. The number of anilines is 1. The van der Waals surface area contributed by atoms with Gasteiger partial charge in [0.1, 0.15) is 11.6 Å². The number of carbonyl (C=O) groups excluding carboxylic acids is 1. The van der Waals surface area contributed by atoms with Crippen LogP contribution in [0.1, 0.15) is 17.4 Å². The summed E-state index contributed by atoms with van der Waals surface area (Å²) in [5, 5.41) is 9.65. The van der Waals surface area contributed by atoms with E-state index in [4.69, 9.17) is 0 Å². The molecule has 1 amide bonds. The van der Waals surface area contributed by atoms with Crippen molar-refractivity contribution in [2.75, 3.05) is 11.4 Å². The van der Waals surface area contributed by atoms with Gasteiger partial charge in [0.15, 0.2) is 5.69 Å². The van der Waals surface area contributed by atoms with Crippen molar-refractivity contribution >= 4 is 11.6 Å². The summed E-state index contributed by atoms with van der Waals surface area (Å²) in [4.78, 5) is 17.6. The lowest BCUT2D eigenvalue weighted by Gasteiger charge is -2.20. The molecule has 0 bridgehead atoms. The maximum atomic E-state index is 12.9. The largest absolute Gasteiger partial charge is 0.505 e. The zero-order valence-corrected chi connectivity index (χ0v) is 10.4. The highest BCUT2D eigenvalue weighted by Gasteiger charge is 2.20. The molecule has 0 unspecified atom stereocenters.